The van der Waals surface area contributed by atoms with Crippen molar-refractivity contribution >= 4 is 24.3 Å². The Morgan fingerprint density at radius 1 is 0.679 bits per heavy atom. The molecule has 0 spiro atoms. The first-order chi connectivity index (χ1) is 25.0. The molecule has 53 heavy (non-hydrogen) atoms. The molecule has 0 aromatic heterocycles. The van der Waals surface area contributed by atoms with Gasteiger partial charge in [0.05, 0.1) is 25.4 Å². The lowest BCUT2D eigenvalue weighted by molar-refractivity contribution is -0.144. The van der Waals surface area contributed by atoms with Crippen LogP contribution in [0.25, 0.3) is 0 Å². The van der Waals surface area contributed by atoms with Crippen LogP contribution in [0.1, 0.15) is 155 Å². The van der Waals surface area contributed by atoms with Gasteiger partial charge in [-0.25, -0.2) is 0 Å². The minimum atomic E-state index is -0.539. The molecule has 1 amide bonds. The molecule has 0 bridgehead atoms. The summed E-state index contributed by atoms with van der Waals surface area (Å²) < 4.78 is 17.1. The van der Waals surface area contributed by atoms with E-state index in [4.69, 9.17) is 19.9 Å². The number of unbranched alkanes of at least 4 members (excludes halogenated alkanes) is 8. The molecule has 0 heterocycles. The first-order valence-corrected chi connectivity index (χ1v) is 20.3. The van der Waals surface area contributed by atoms with Crippen LogP contribution in [0.15, 0.2) is 48.5 Å². The molecule has 0 aliphatic heterocycles. The van der Waals surface area contributed by atoms with E-state index >= 15 is 0 Å². The Bertz CT molecular complexity index is 1230. The van der Waals surface area contributed by atoms with E-state index in [2.05, 4.69) is 57.3 Å². The molecule has 0 saturated heterocycles. The number of rotatable bonds is 28. The van der Waals surface area contributed by atoms with E-state index in [0.717, 1.165) is 88.1 Å². The third-order valence-corrected chi connectivity index (χ3v) is 9.42. The van der Waals surface area contributed by atoms with Crippen LogP contribution in [-0.2, 0) is 27.2 Å². The Hall–Kier alpha value is -2.81. The molecule has 4 N–H and O–H groups in total. The summed E-state index contributed by atoms with van der Waals surface area (Å²) in [6, 6.07) is 16.4. The number of ether oxygens (including phenoxy) is 3. The number of benzene rings is 2. The molecule has 2 aromatic rings. The third-order valence-electron chi connectivity index (χ3n) is 9.42. The summed E-state index contributed by atoms with van der Waals surface area (Å²) >= 11 is 0. The Morgan fingerprint density at radius 3 is 1.60 bits per heavy atom. The molecular formula is C44H75ClN2O6. The highest BCUT2D eigenvalue weighted by Gasteiger charge is 2.31. The molecule has 0 fully saturated rings. The number of nitrogens with one attached hydrogen (secondary N) is 1. The zero-order chi connectivity index (χ0) is 38.5. The number of aliphatic hydroxyl groups is 1. The number of esters is 1. The number of hydrogen-bond acceptors (Lipinski definition) is 7. The van der Waals surface area contributed by atoms with Crippen LogP contribution in [-0.4, -0.2) is 54.5 Å². The summed E-state index contributed by atoms with van der Waals surface area (Å²) in [5.41, 5.74) is 7.64. The second-order valence-corrected chi connectivity index (χ2v) is 14.6. The van der Waals surface area contributed by atoms with Gasteiger partial charge in [-0.2, -0.15) is 0 Å². The molecule has 8 nitrogen and oxygen atoms in total. The summed E-state index contributed by atoms with van der Waals surface area (Å²) in [5, 5.41) is 12.5. The highest BCUT2D eigenvalue weighted by atomic mass is 35.5. The summed E-state index contributed by atoms with van der Waals surface area (Å²) in [4.78, 5) is 23.1. The summed E-state index contributed by atoms with van der Waals surface area (Å²) in [5.74, 6) is 1.40. The fourth-order valence-electron chi connectivity index (χ4n) is 6.45. The SMILES string of the molecule is CCCCCCCOc1cccc(CCC(CCC)(COC(C)=O)NC(C)=O)c1.CCCCCCCOc1cccc(CCC(N)(CO)CCC)c1.Cl. The van der Waals surface area contributed by atoms with Gasteiger partial charge in [-0.15, -0.1) is 12.4 Å². The molecule has 2 unspecified atom stereocenters. The number of carbonyl (C=O) groups excluding carboxylic acids is 2. The Labute approximate surface area is 329 Å². The highest BCUT2D eigenvalue weighted by molar-refractivity contribution is 5.85. The standard InChI is InChI=1S/C24H39NO4.C20H35NO2.ClH/c1-5-7-8-9-10-17-28-23-13-11-12-22(18-23)14-16-24(15-6-2,25-20(3)26)19-29-21(4)27;1-3-5-6-7-8-15-23-19-11-9-10-18(16-19)12-14-20(21,17-22)13-4-2;/h11-13,18H,5-10,14-17,19H2,1-4H3,(H,25,26);9-11,16,22H,3-8,12-15,17,21H2,1-2H3;1H. The van der Waals surface area contributed by atoms with Crippen LogP contribution in [0, 0.1) is 0 Å². The fraction of sp³-hybridized carbons (Fsp3) is 0.682. The molecular weight excluding hydrogens is 688 g/mol. The van der Waals surface area contributed by atoms with Crippen molar-refractivity contribution in [1.82, 2.24) is 5.32 Å². The van der Waals surface area contributed by atoms with Crippen molar-refractivity contribution in [2.24, 2.45) is 5.73 Å². The predicted molar refractivity (Wildman–Crippen MR) is 222 cm³/mol. The Balaban J connectivity index is 0.00000103. The molecule has 0 aliphatic rings. The summed E-state index contributed by atoms with van der Waals surface area (Å²) in [6.45, 7) is 13.3. The van der Waals surface area contributed by atoms with Crippen LogP contribution >= 0.6 is 12.4 Å². The molecule has 0 saturated carbocycles. The van der Waals surface area contributed by atoms with Gasteiger partial charge >= 0.3 is 5.97 Å². The predicted octanol–water partition coefficient (Wildman–Crippen LogP) is 10.1. The van der Waals surface area contributed by atoms with Crippen molar-refractivity contribution in [2.45, 2.75) is 168 Å². The Kier molecular flexibility index (Phi) is 28.9. The maximum atomic E-state index is 11.8. The second kappa shape index (κ2) is 30.5. The van der Waals surface area contributed by atoms with E-state index in [1.54, 1.807) is 0 Å². The van der Waals surface area contributed by atoms with Crippen molar-refractivity contribution in [3.63, 3.8) is 0 Å². The van der Waals surface area contributed by atoms with Gasteiger partial charge in [0, 0.05) is 19.4 Å². The van der Waals surface area contributed by atoms with Gasteiger partial charge in [0.15, 0.2) is 0 Å². The van der Waals surface area contributed by atoms with E-state index in [-0.39, 0.29) is 37.5 Å². The van der Waals surface area contributed by atoms with Crippen LogP contribution in [0.3, 0.4) is 0 Å². The number of aliphatic hydroxyl groups excluding tert-OH is 1. The topological polar surface area (TPSA) is 120 Å². The van der Waals surface area contributed by atoms with Gasteiger partial charge in [0.2, 0.25) is 5.91 Å². The van der Waals surface area contributed by atoms with Crippen LogP contribution in [0.4, 0.5) is 0 Å². The smallest absolute Gasteiger partial charge is 0.302 e. The number of nitrogens with two attached hydrogens (primary N) is 1. The number of carbonyl (C=O) groups is 2. The van der Waals surface area contributed by atoms with Crippen molar-refractivity contribution in [2.75, 3.05) is 26.4 Å². The largest absolute Gasteiger partial charge is 0.494 e. The normalized spacial score (nSPS) is 13.0. The first kappa shape index (κ1) is 50.2. The van der Waals surface area contributed by atoms with Gasteiger partial charge < -0.3 is 30.4 Å². The summed E-state index contributed by atoms with van der Waals surface area (Å²) in [6.07, 6.45) is 19.0. The van der Waals surface area contributed by atoms with Crippen molar-refractivity contribution in [3.05, 3.63) is 59.7 Å². The quantitative estimate of drug-likeness (QED) is 0.0583. The monoisotopic (exact) mass is 763 g/mol. The second-order valence-electron chi connectivity index (χ2n) is 14.6. The van der Waals surface area contributed by atoms with Gasteiger partial charge in [0.25, 0.3) is 0 Å². The maximum Gasteiger partial charge on any atom is 0.302 e. The molecule has 2 aromatic carbocycles. The average Bonchev–Trinajstić information content (AvgIpc) is 3.12. The van der Waals surface area contributed by atoms with Crippen molar-refractivity contribution in [3.8, 4) is 11.5 Å². The van der Waals surface area contributed by atoms with Gasteiger partial charge in [0.1, 0.15) is 18.1 Å². The van der Waals surface area contributed by atoms with Crippen LogP contribution in [0.2, 0.25) is 0 Å². The van der Waals surface area contributed by atoms with Crippen molar-refractivity contribution in [1.29, 1.82) is 0 Å². The van der Waals surface area contributed by atoms with Gasteiger partial charge in [-0.1, -0.05) is 116 Å². The molecule has 0 aliphatic carbocycles. The average molecular weight is 764 g/mol. The van der Waals surface area contributed by atoms with Gasteiger partial charge in [-0.3, -0.25) is 9.59 Å². The molecule has 2 rings (SSSR count). The third kappa shape index (κ3) is 24.3. The number of halogens is 1. The van der Waals surface area contributed by atoms with E-state index < -0.39 is 11.1 Å². The molecule has 304 valence electrons. The van der Waals surface area contributed by atoms with E-state index in [0.29, 0.717) is 6.42 Å². The van der Waals surface area contributed by atoms with Gasteiger partial charge in [-0.05, 0) is 86.8 Å². The first-order valence-electron chi connectivity index (χ1n) is 20.3. The van der Waals surface area contributed by atoms with Crippen molar-refractivity contribution < 1.29 is 28.9 Å². The zero-order valence-corrected chi connectivity index (χ0v) is 35.0. The number of aryl methyl sites for hydroxylation is 2. The van der Waals surface area contributed by atoms with E-state index in [9.17, 15) is 14.7 Å². The molecule has 2 atom stereocenters. The minimum absolute atomic E-state index is 0. The molecule has 0 radical (unpaired) electrons. The summed E-state index contributed by atoms with van der Waals surface area (Å²) in [7, 11) is 0. The number of hydrogen-bond donors (Lipinski definition) is 3. The maximum absolute atomic E-state index is 11.8. The molecule has 9 heteroatoms. The lowest BCUT2D eigenvalue weighted by Crippen LogP contribution is -2.51. The Morgan fingerprint density at radius 2 is 1.17 bits per heavy atom. The van der Waals surface area contributed by atoms with E-state index in [1.165, 1.54) is 70.8 Å². The lowest BCUT2D eigenvalue weighted by Gasteiger charge is -2.34. The van der Waals surface area contributed by atoms with Crippen LogP contribution < -0.4 is 20.5 Å². The zero-order valence-electron chi connectivity index (χ0n) is 34.1. The minimum Gasteiger partial charge on any atom is -0.494 e. The lowest BCUT2D eigenvalue weighted by atomic mass is 9.87. The van der Waals surface area contributed by atoms with Crippen LogP contribution in [0.5, 0.6) is 11.5 Å². The highest BCUT2D eigenvalue weighted by Crippen LogP contribution is 2.24. The number of amides is 1. The van der Waals surface area contributed by atoms with E-state index in [1.807, 2.05) is 24.3 Å². The fourth-order valence-corrected chi connectivity index (χ4v) is 6.45.